The lowest BCUT2D eigenvalue weighted by atomic mass is 10.0. The van der Waals surface area contributed by atoms with Crippen LogP contribution in [-0.2, 0) is 14.3 Å². The third kappa shape index (κ3) is 43.7. The Hall–Kier alpha value is -2.70. The zero-order valence-electron chi connectivity index (χ0n) is 40.0. The van der Waals surface area contributed by atoms with Gasteiger partial charge in [0, 0.05) is 6.42 Å². The molecule has 0 radical (unpaired) electrons. The van der Waals surface area contributed by atoms with Crippen molar-refractivity contribution in [3.63, 3.8) is 0 Å². The zero-order chi connectivity index (χ0) is 44.5. The van der Waals surface area contributed by atoms with Crippen molar-refractivity contribution in [1.82, 2.24) is 5.32 Å². The number of unbranched alkanes of at least 4 members (excludes halogenated alkanes) is 21. The molecule has 0 spiro atoms. The highest BCUT2D eigenvalue weighted by Gasteiger charge is 2.24. The molecule has 0 aliphatic heterocycles. The van der Waals surface area contributed by atoms with Gasteiger partial charge in [0.2, 0.25) is 5.91 Å². The largest absolute Gasteiger partial charge is 0.462 e. The van der Waals surface area contributed by atoms with Gasteiger partial charge in [0.15, 0.2) is 0 Å². The minimum atomic E-state index is -0.805. The number of carbonyl (C=O) groups is 2. The van der Waals surface area contributed by atoms with Crippen molar-refractivity contribution in [2.75, 3.05) is 6.61 Å². The molecule has 0 rings (SSSR count). The predicted molar refractivity (Wildman–Crippen MR) is 264 cm³/mol. The first-order chi connectivity index (χ1) is 30.0. The van der Waals surface area contributed by atoms with Gasteiger partial charge in [-0.1, -0.05) is 216 Å². The van der Waals surface area contributed by atoms with Crippen molar-refractivity contribution >= 4 is 11.9 Å². The van der Waals surface area contributed by atoms with Gasteiger partial charge in [0.05, 0.1) is 25.2 Å². The highest BCUT2D eigenvalue weighted by atomic mass is 16.5. The van der Waals surface area contributed by atoms with Gasteiger partial charge in [-0.15, -0.1) is 0 Å². The molecule has 0 aromatic heterocycles. The van der Waals surface area contributed by atoms with Crippen molar-refractivity contribution in [2.24, 2.45) is 0 Å². The Morgan fingerprint density at radius 1 is 0.492 bits per heavy atom. The second-order valence-corrected chi connectivity index (χ2v) is 17.2. The number of nitrogens with one attached hydrogen (secondary N) is 1. The van der Waals surface area contributed by atoms with Crippen LogP contribution < -0.4 is 5.32 Å². The number of esters is 1. The van der Waals surface area contributed by atoms with E-state index in [1.165, 1.54) is 103 Å². The Labute approximate surface area is 377 Å². The number of ether oxygens (including phenoxy) is 1. The summed E-state index contributed by atoms with van der Waals surface area (Å²) in [5.74, 6) is -0.589. The van der Waals surface area contributed by atoms with E-state index in [4.69, 9.17) is 4.74 Å². The van der Waals surface area contributed by atoms with Crippen molar-refractivity contribution in [3.8, 4) is 0 Å². The molecule has 0 saturated carbocycles. The van der Waals surface area contributed by atoms with E-state index in [0.717, 1.165) is 83.5 Å². The van der Waals surface area contributed by atoms with Gasteiger partial charge in [-0.25, -0.2) is 0 Å². The molecule has 0 aromatic rings. The fourth-order valence-corrected chi connectivity index (χ4v) is 7.41. The Kier molecular flexibility index (Phi) is 46.2. The molecule has 0 heterocycles. The van der Waals surface area contributed by atoms with Crippen LogP contribution in [-0.4, -0.2) is 46.9 Å². The van der Waals surface area contributed by atoms with E-state index in [2.05, 4.69) is 92.9 Å². The van der Waals surface area contributed by atoms with Crippen LogP contribution in [0.25, 0.3) is 0 Å². The Bertz CT molecular complexity index is 1140. The maximum absolute atomic E-state index is 13.2. The van der Waals surface area contributed by atoms with Gasteiger partial charge >= 0.3 is 5.97 Å². The second kappa shape index (κ2) is 48.3. The molecule has 0 aromatic carbocycles. The molecule has 61 heavy (non-hydrogen) atoms. The summed E-state index contributed by atoms with van der Waals surface area (Å²) < 4.78 is 5.88. The molecule has 0 aliphatic rings. The van der Waals surface area contributed by atoms with Crippen LogP contribution in [0.4, 0.5) is 0 Å². The van der Waals surface area contributed by atoms with E-state index in [-0.39, 0.29) is 31.3 Å². The molecule has 6 heteroatoms. The van der Waals surface area contributed by atoms with Crippen molar-refractivity contribution in [3.05, 3.63) is 72.9 Å². The summed E-state index contributed by atoms with van der Waals surface area (Å²) in [5, 5.41) is 23.7. The Morgan fingerprint density at radius 2 is 0.885 bits per heavy atom. The molecule has 3 N–H and O–H groups in total. The smallest absolute Gasteiger partial charge is 0.306 e. The fourth-order valence-electron chi connectivity index (χ4n) is 7.41. The average molecular weight is 852 g/mol. The van der Waals surface area contributed by atoms with Crippen molar-refractivity contribution < 1.29 is 24.5 Å². The number of hydrogen-bond donors (Lipinski definition) is 3. The molecule has 6 nitrogen and oxygen atoms in total. The van der Waals surface area contributed by atoms with Crippen LogP contribution in [0.15, 0.2) is 72.9 Å². The average Bonchev–Trinajstić information content (AvgIpc) is 3.25. The van der Waals surface area contributed by atoms with Gasteiger partial charge in [0.25, 0.3) is 0 Å². The number of allylic oxidation sites excluding steroid dienone is 12. The summed E-state index contributed by atoms with van der Waals surface area (Å²) in [6.45, 7) is 6.34. The molecule has 0 bridgehead atoms. The fraction of sp³-hybridized carbons (Fsp3) is 0.745. The van der Waals surface area contributed by atoms with E-state index < -0.39 is 18.2 Å². The number of amides is 1. The summed E-state index contributed by atoms with van der Waals surface area (Å²) >= 11 is 0. The molecule has 3 unspecified atom stereocenters. The van der Waals surface area contributed by atoms with E-state index >= 15 is 0 Å². The first-order valence-corrected chi connectivity index (χ1v) is 25.7. The predicted octanol–water partition coefficient (Wildman–Crippen LogP) is 15.4. The lowest BCUT2D eigenvalue weighted by molar-refractivity contribution is -0.150. The van der Waals surface area contributed by atoms with Crippen molar-refractivity contribution in [1.29, 1.82) is 0 Å². The Balaban J connectivity index is 4.73. The van der Waals surface area contributed by atoms with Crippen LogP contribution in [0.3, 0.4) is 0 Å². The third-order valence-electron chi connectivity index (χ3n) is 11.3. The summed E-state index contributed by atoms with van der Waals surface area (Å²) in [6.07, 6.45) is 61.2. The van der Waals surface area contributed by atoms with Crippen LogP contribution in [0.2, 0.25) is 0 Å². The highest BCUT2D eigenvalue weighted by Crippen LogP contribution is 2.17. The summed E-state index contributed by atoms with van der Waals surface area (Å²) in [5.41, 5.74) is 0. The van der Waals surface area contributed by atoms with Gasteiger partial charge in [-0.2, -0.15) is 0 Å². The van der Waals surface area contributed by atoms with E-state index in [0.29, 0.717) is 19.3 Å². The number of hydrogen-bond acceptors (Lipinski definition) is 5. The monoisotopic (exact) mass is 852 g/mol. The topological polar surface area (TPSA) is 95.9 Å². The van der Waals surface area contributed by atoms with Gasteiger partial charge in [0.1, 0.15) is 6.10 Å². The van der Waals surface area contributed by atoms with Crippen LogP contribution in [0.5, 0.6) is 0 Å². The quantitative estimate of drug-likeness (QED) is 0.0322. The number of aliphatic hydroxyl groups excluding tert-OH is 2. The molecule has 0 aliphatic carbocycles. The Morgan fingerprint density at radius 3 is 1.36 bits per heavy atom. The van der Waals surface area contributed by atoms with Gasteiger partial charge < -0.3 is 20.3 Å². The van der Waals surface area contributed by atoms with Gasteiger partial charge in [-0.05, 0) is 83.5 Å². The number of carbonyl (C=O) groups excluding carboxylic acids is 2. The molecular formula is C55H97NO5. The third-order valence-corrected chi connectivity index (χ3v) is 11.3. The lowest BCUT2D eigenvalue weighted by Gasteiger charge is -2.24. The lowest BCUT2D eigenvalue weighted by Crippen LogP contribution is -2.46. The molecule has 0 fully saturated rings. The number of rotatable bonds is 45. The van der Waals surface area contributed by atoms with Crippen LogP contribution in [0, 0.1) is 0 Å². The first kappa shape index (κ1) is 58.3. The van der Waals surface area contributed by atoms with E-state index in [1.54, 1.807) is 0 Å². The summed E-state index contributed by atoms with van der Waals surface area (Å²) in [6, 6.07) is -0.722. The number of aliphatic hydroxyl groups is 2. The normalized spacial score (nSPS) is 13.9. The standard InChI is InChI=1S/C55H97NO5/c1-4-7-10-13-16-19-22-24-26-28-30-32-34-37-40-43-46-51(49-54(59)56-52(50-57)53(58)47-44-41-38-35-21-18-15-12-9-6-3)61-55(60)48-45-42-39-36-33-31-29-27-25-23-20-17-14-11-8-5-2/h8,11,17,20,25,27,30-33,39,42,51-53,57-58H,4-7,9-10,12-16,18-19,21-24,26,28-29,34-38,40-41,43-50H2,1-3H3,(H,56,59)/b11-8+,20-17+,27-25+,32-30+,33-31+,42-39+. The molecule has 0 saturated heterocycles. The van der Waals surface area contributed by atoms with E-state index in [9.17, 15) is 19.8 Å². The molecule has 1 amide bonds. The van der Waals surface area contributed by atoms with E-state index in [1.807, 2.05) is 6.08 Å². The maximum atomic E-state index is 13.2. The first-order valence-electron chi connectivity index (χ1n) is 25.7. The van der Waals surface area contributed by atoms with Crippen molar-refractivity contribution in [2.45, 2.75) is 257 Å². The summed E-state index contributed by atoms with van der Waals surface area (Å²) in [4.78, 5) is 26.1. The van der Waals surface area contributed by atoms with Crippen LogP contribution in [0.1, 0.15) is 239 Å². The van der Waals surface area contributed by atoms with Gasteiger partial charge in [-0.3, -0.25) is 9.59 Å². The highest BCUT2D eigenvalue weighted by molar-refractivity contribution is 5.77. The molecular weight excluding hydrogens is 755 g/mol. The minimum absolute atomic E-state index is 0.0352. The zero-order valence-corrected chi connectivity index (χ0v) is 40.0. The molecule has 352 valence electrons. The summed E-state index contributed by atoms with van der Waals surface area (Å²) in [7, 11) is 0. The SMILES string of the molecule is CC/C=C/C/C=C/C/C=C/C/C=C/C/C=C/CCC(=O)OC(CCCCC/C=C/CCCCCCCCCCC)CC(=O)NC(CO)C(O)CCCCCCCCCCCC. The maximum Gasteiger partial charge on any atom is 0.306 e. The minimum Gasteiger partial charge on any atom is -0.462 e. The molecule has 3 atom stereocenters. The second-order valence-electron chi connectivity index (χ2n) is 17.2. The van der Waals surface area contributed by atoms with Crippen LogP contribution >= 0.6 is 0 Å².